The lowest BCUT2D eigenvalue weighted by atomic mass is 10.0. The normalized spacial score (nSPS) is 26.1. The van der Waals surface area contributed by atoms with Crippen molar-refractivity contribution in [1.29, 1.82) is 0 Å². The van der Waals surface area contributed by atoms with Gasteiger partial charge in [0.05, 0.1) is 18.2 Å². The van der Waals surface area contributed by atoms with Crippen molar-refractivity contribution in [2.24, 2.45) is 0 Å². The van der Waals surface area contributed by atoms with Crippen molar-refractivity contribution < 1.29 is 14.3 Å². The number of hydrogen-bond donors (Lipinski definition) is 0. The Morgan fingerprint density at radius 2 is 2.00 bits per heavy atom. The fourth-order valence-corrected chi connectivity index (χ4v) is 3.81. The largest absolute Gasteiger partial charge is 0.493 e. The van der Waals surface area contributed by atoms with E-state index in [0.717, 1.165) is 13.0 Å². The molecule has 0 saturated carbocycles. The standard InChI is InChI=1S/C19H27N3O3/c1-5-25-17-9-7-6-8-16(17)19(24)21-12-15-10-14(20(3)4)11-22(15)18(23)13(21)2/h6-9,13-15H,5,10-12H2,1-4H3/t13-,14-,15-/m0/s1. The number of likely N-dealkylation sites (N-methyl/N-ethyl adjacent to an activating group) is 1. The number of para-hydroxylation sites is 1. The SMILES string of the molecule is CCOc1ccccc1C(=O)N1C[C@@H]2C[C@H](N(C)C)CN2C(=O)[C@@H]1C. The lowest BCUT2D eigenvalue weighted by molar-refractivity contribution is -0.141. The molecule has 2 aliphatic rings. The van der Waals surface area contributed by atoms with Crippen molar-refractivity contribution in [2.75, 3.05) is 33.8 Å². The third-order valence-electron chi connectivity index (χ3n) is 5.32. The Kier molecular flexibility index (Phi) is 4.99. The van der Waals surface area contributed by atoms with Gasteiger partial charge in [0, 0.05) is 19.1 Å². The smallest absolute Gasteiger partial charge is 0.258 e. The number of rotatable bonds is 4. The summed E-state index contributed by atoms with van der Waals surface area (Å²) in [5.74, 6) is 0.496. The molecule has 1 aromatic rings. The molecule has 2 saturated heterocycles. The molecule has 2 amide bonds. The molecule has 3 atom stereocenters. The molecule has 2 fully saturated rings. The molecule has 136 valence electrons. The summed E-state index contributed by atoms with van der Waals surface area (Å²) in [6.45, 7) is 5.55. The first-order chi connectivity index (χ1) is 11.9. The monoisotopic (exact) mass is 345 g/mol. The number of piperazine rings is 1. The van der Waals surface area contributed by atoms with Crippen LogP contribution in [0.2, 0.25) is 0 Å². The highest BCUT2D eigenvalue weighted by Crippen LogP contribution is 2.30. The van der Waals surface area contributed by atoms with Gasteiger partial charge in [0.25, 0.3) is 5.91 Å². The average Bonchev–Trinajstić information content (AvgIpc) is 3.03. The van der Waals surface area contributed by atoms with Crippen LogP contribution in [0.25, 0.3) is 0 Å². The molecule has 6 heteroatoms. The number of benzene rings is 1. The van der Waals surface area contributed by atoms with Crippen LogP contribution < -0.4 is 4.74 Å². The lowest BCUT2D eigenvalue weighted by Crippen LogP contribution is -2.60. The minimum atomic E-state index is -0.445. The van der Waals surface area contributed by atoms with Crippen molar-refractivity contribution >= 4 is 11.8 Å². The molecular weight excluding hydrogens is 318 g/mol. The lowest BCUT2D eigenvalue weighted by Gasteiger charge is -2.41. The van der Waals surface area contributed by atoms with Crippen LogP contribution >= 0.6 is 0 Å². The highest BCUT2D eigenvalue weighted by molar-refractivity contribution is 6.00. The number of carbonyl (C=O) groups excluding carboxylic acids is 2. The predicted molar refractivity (Wildman–Crippen MR) is 95.7 cm³/mol. The summed E-state index contributed by atoms with van der Waals surface area (Å²) in [6, 6.07) is 7.26. The molecule has 0 bridgehead atoms. The maximum Gasteiger partial charge on any atom is 0.258 e. The zero-order valence-electron chi connectivity index (χ0n) is 15.4. The summed E-state index contributed by atoms with van der Waals surface area (Å²) < 4.78 is 5.60. The van der Waals surface area contributed by atoms with Gasteiger partial charge < -0.3 is 19.4 Å². The Bertz CT molecular complexity index is 661. The van der Waals surface area contributed by atoms with Crippen LogP contribution in [0, 0.1) is 0 Å². The zero-order chi connectivity index (χ0) is 18.1. The Morgan fingerprint density at radius 3 is 2.68 bits per heavy atom. The van der Waals surface area contributed by atoms with Gasteiger partial charge in [-0.1, -0.05) is 12.1 Å². The third kappa shape index (κ3) is 3.23. The summed E-state index contributed by atoms with van der Waals surface area (Å²) in [5, 5.41) is 0. The van der Waals surface area contributed by atoms with E-state index in [1.165, 1.54) is 0 Å². The Hall–Kier alpha value is -2.08. The van der Waals surface area contributed by atoms with Gasteiger partial charge >= 0.3 is 0 Å². The summed E-state index contributed by atoms with van der Waals surface area (Å²) in [4.78, 5) is 31.8. The van der Waals surface area contributed by atoms with Crippen LogP contribution in [0.4, 0.5) is 0 Å². The van der Waals surface area contributed by atoms with E-state index in [-0.39, 0.29) is 17.9 Å². The maximum atomic E-state index is 13.1. The van der Waals surface area contributed by atoms with Crippen LogP contribution in [0.15, 0.2) is 24.3 Å². The van der Waals surface area contributed by atoms with Gasteiger partial charge in [-0.2, -0.15) is 0 Å². The maximum absolute atomic E-state index is 13.1. The van der Waals surface area contributed by atoms with Crippen LogP contribution in [0.3, 0.4) is 0 Å². The minimum absolute atomic E-state index is 0.0443. The van der Waals surface area contributed by atoms with E-state index in [4.69, 9.17) is 4.74 Å². The van der Waals surface area contributed by atoms with Gasteiger partial charge in [0.15, 0.2) is 0 Å². The number of hydrogen-bond acceptors (Lipinski definition) is 4. The Labute approximate surface area is 149 Å². The Morgan fingerprint density at radius 1 is 1.28 bits per heavy atom. The number of nitrogens with zero attached hydrogens (tertiary/aromatic N) is 3. The second-order valence-electron chi connectivity index (χ2n) is 7.06. The van der Waals surface area contributed by atoms with Gasteiger partial charge in [0.1, 0.15) is 11.8 Å². The van der Waals surface area contributed by atoms with Crippen LogP contribution in [0.1, 0.15) is 30.6 Å². The third-order valence-corrected chi connectivity index (χ3v) is 5.32. The number of ether oxygens (including phenoxy) is 1. The molecule has 25 heavy (non-hydrogen) atoms. The fourth-order valence-electron chi connectivity index (χ4n) is 3.81. The molecule has 0 aliphatic carbocycles. The van der Waals surface area contributed by atoms with Crippen molar-refractivity contribution in [1.82, 2.24) is 14.7 Å². The number of amides is 2. The molecule has 2 heterocycles. The first-order valence-corrected chi connectivity index (χ1v) is 8.93. The van der Waals surface area contributed by atoms with Gasteiger partial charge in [-0.15, -0.1) is 0 Å². The molecule has 2 aliphatic heterocycles. The van der Waals surface area contributed by atoms with E-state index in [9.17, 15) is 9.59 Å². The quantitative estimate of drug-likeness (QED) is 0.829. The van der Waals surface area contributed by atoms with E-state index in [2.05, 4.69) is 4.90 Å². The van der Waals surface area contributed by atoms with Gasteiger partial charge in [-0.25, -0.2) is 0 Å². The molecule has 6 nitrogen and oxygen atoms in total. The van der Waals surface area contributed by atoms with Crippen molar-refractivity contribution in [3.8, 4) is 5.75 Å². The van der Waals surface area contributed by atoms with Crippen molar-refractivity contribution in [3.05, 3.63) is 29.8 Å². The minimum Gasteiger partial charge on any atom is -0.493 e. The number of fused-ring (bicyclic) bond motifs is 1. The molecule has 0 N–H and O–H groups in total. The Balaban J connectivity index is 1.83. The second kappa shape index (κ2) is 7.04. The second-order valence-corrected chi connectivity index (χ2v) is 7.06. The van der Waals surface area contributed by atoms with Crippen LogP contribution in [-0.2, 0) is 4.79 Å². The van der Waals surface area contributed by atoms with E-state index in [1.54, 1.807) is 17.0 Å². The summed E-state index contributed by atoms with van der Waals surface area (Å²) >= 11 is 0. The van der Waals surface area contributed by atoms with Crippen LogP contribution in [-0.4, -0.2) is 78.4 Å². The van der Waals surface area contributed by atoms with E-state index in [0.29, 0.717) is 30.5 Å². The van der Waals surface area contributed by atoms with Crippen LogP contribution in [0.5, 0.6) is 5.75 Å². The first kappa shape index (κ1) is 17.7. The van der Waals surface area contributed by atoms with E-state index < -0.39 is 6.04 Å². The topological polar surface area (TPSA) is 53.1 Å². The van der Waals surface area contributed by atoms with Crippen molar-refractivity contribution in [3.63, 3.8) is 0 Å². The molecule has 3 rings (SSSR count). The zero-order valence-corrected chi connectivity index (χ0v) is 15.4. The molecule has 0 aromatic heterocycles. The van der Waals surface area contributed by atoms with E-state index in [1.807, 2.05) is 45.0 Å². The molecule has 0 unspecified atom stereocenters. The van der Waals surface area contributed by atoms with Gasteiger partial charge in [-0.3, -0.25) is 9.59 Å². The van der Waals surface area contributed by atoms with Crippen molar-refractivity contribution in [2.45, 2.75) is 38.4 Å². The molecular formula is C19H27N3O3. The van der Waals surface area contributed by atoms with Gasteiger partial charge in [-0.05, 0) is 46.5 Å². The summed E-state index contributed by atoms with van der Waals surface area (Å²) in [7, 11) is 4.08. The summed E-state index contributed by atoms with van der Waals surface area (Å²) in [6.07, 6.45) is 0.905. The average molecular weight is 345 g/mol. The number of carbonyl (C=O) groups is 2. The van der Waals surface area contributed by atoms with Gasteiger partial charge in [0.2, 0.25) is 5.91 Å². The first-order valence-electron chi connectivity index (χ1n) is 8.93. The molecule has 0 spiro atoms. The molecule has 1 aromatic carbocycles. The van der Waals surface area contributed by atoms with E-state index >= 15 is 0 Å². The summed E-state index contributed by atoms with van der Waals surface area (Å²) in [5.41, 5.74) is 0.527. The highest BCUT2D eigenvalue weighted by Gasteiger charge is 2.45. The molecule has 0 radical (unpaired) electrons. The predicted octanol–water partition coefficient (Wildman–Crippen LogP) is 1.46. The fraction of sp³-hybridized carbons (Fsp3) is 0.579. The highest BCUT2D eigenvalue weighted by atomic mass is 16.5.